The molecule has 0 aromatic heterocycles. The normalized spacial score (nSPS) is 19.8. The molecule has 0 atom stereocenters. The molecule has 0 saturated carbocycles. The van der Waals surface area contributed by atoms with Crippen molar-refractivity contribution in [1.29, 1.82) is 0 Å². The molecule has 0 N–H and O–H groups in total. The minimum atomic E-state index is 0. The first-order valence-electron chi connectivity index (χ1n) is 3.92. The number of hydrogen-bond donors (Lipinski definition) is 0. The standard InChI is InChI=1S/C10H15.2FH.Ir/c1-7-6-10(4,5)9(3)8(7)2;;;/h1-5H3;2*1H;/q;;;+2/p-2. The summed E-state index contributed by atoms with van der Waals surface area (Å²) >= 11 is 2.25. The van der Waals surface area contributed by atoms with Gasteiger partial charge in [0.25, 0.3) is 0 Å². The van der Waals surface area contributed by atoms with E-state index in [2.05, 4.69) is 53.5 Å². The summed E-state index contributed by atoms with van der Waals surface area (Å²) in [6.07, 6.45) is 0. The Labute approximate surface area is 89.4 Å². The van der Waals surface area contributed by atoms with Crippen LogP contribution in [-0.2, 0) is 18.9 Å². The zero-order chi connectivity index (χ0) is 8.81. The van der Waals surface area contributed by atoms with E-state index in [-0.39, 0.29) is 9.41 Å². The van der Waals surface area contributed by atoms with Crippen LogP contribution >= 0.6 is 0 Å². The van der Waals surface area contributed by atoms with Gasteiger partial charge in [-0.05, 0) is 0 Å². The van der Waals surface area contributed by atoms with Gasteiger partial charge in [0.1, 0.15) is 0 Å². The van der Waals surface area contributed by atoms with Crippen molar-refractivity contribution in [2.24, 2.45) is 5.41 Å². The fourth-order valence-corrected chi connectivity index (χ4v) is 2.43. The van der Waals surface area contributed by atoms with E-state index in [0.29, 0.717) is 5.41 Å². The molecule has 13 heavy (non-hydrogen) atoms. The molecule has 1 aliphatic carbocycles. The molecule has 1 aliphatic rings. The second-order valence-electron chi connectivity index (χ2n) is 3.79. The van der Waals surface area contributed by atoms with Gasteiger partial charge in [-0.1, -0.05) is 0 Å². The van der Waals surface area contributed by atoms with Gasteiger partial charge in [0, 0.05) is 0 Å². The monoisotopic (exact) mass is 366 g/mol. The van der Waals surface area contributed by atoms with E-state index in [1.807, 2.05) is 0 Å². The van der Waals surface area contributed by atoms with E-state index < -0.39 is 0 Å². The number of hydrogen-bond acceptors (Lipinski definition) is 0. The molecule has 0 amide bonds. The van der Waals surface area contributed by atoms with E-state index >= 15 is 0 Å². The van der Waals surface area contributed by atoms with Crippen LogP contribution in [0.25, 0.3) is 0 Å². The molecule has 3 heteroatoms. The molecule has 0 nitrogen and oxygen atoms in total. The van der Waals surface area contributed by atoms with Crippen LogP contribution in [0.2, 0.25) is 0 Å². The van der Waals surface area contributed by atoms with Crippen LogP contribution in [-0.4, -0.2) is 0 Å². The quantitative estimate of drug-likeness (QED) is 0.435. The molecule has 0 aliphatic heterocycles. The average molecular weight is 365 g/mol. The second-order valence-corrected chi connectivity index (χ2v) is 4.99. The van der Waals surface area contributed by atoms with Crippen LogP contribution in [0.5, 0.6) is 0 Å². The predicted octanol–water partition coefficient (Wildman–Crippen LogP) is -2.81. The molecule has 78 valence electrons. The smallest absolute Gasteiger partial charge is 1.00 e. The molecule has 0 fully saturated rings. The first-order valence-corrected chi connectivity index (χ1v) is 5.11. The third-order valence-electron chi connectivity index (χ3n) is 2.90. The van der Waals surface area contributed by atoms with Crippen molar-refractivity contribution in [3.63, 3.8) is 0 Å². The largest absolute Gasteiger partial charge is 1.00 e. The Morgan fingerprint density at radius 3 is 1.38 bits per heavy atom. The SMILES string of the molecule is CC1=C(C)C(C)(C)[C]([Ir+2])=C1C.[F-].[F-]. The molecule has 0 bridgehead atoms. The van der Waals surface area contributed by atoms with Crippen molar-refractivity contribution in [1.82, 2.24) is 0 Å². The summed E-state index contributed by atoms with van der Waals surface area (Å²) in [5, 5.41) is 0. The van der Waals surface area contributed by atoms with Crippen LogP contribution in [0.4, 0.5) is 0 Å². The fraction of sp³-hybridized carbons (Fsp3) is 0.600. The minimum absolute atomic E-state index is 0. The maximum Gasteiger partial charge on any atom is -1.00 e. The summed E-state index contributed by atoms with van der Waals surface area (Å²) < 4.78 is 1.53. The van der Waals surface area contributed by atoms with E-state index in [0.717, 1.165) is 0 Å². The average Bonchev–Trinajstić information content (AvgIpc) is 2.06. The third-order valence-corrected chi connectivity index (χ3v) is 5.29. The molecule has 0 heterocycles. The van der Waals surface area contributed by atoms with Crippen LogP contribution in [0.15, 0.2) is 20.8 Å². The molecule has 0 spiro atoms. The molecule has 1 rings (SSSR count). The number of halogens is 2. The molecule has 0 aromatic rings. The molecular weight excluding hydrogens is 350 g/mol. The summed E-state index contributed by atoms with van der Waals surface area (Å²) in [5.41, 5.74) is 4.83. The van der Waals surface area contributed by atoms with E-state index in [9.17, 15) is 0 Å². The van der Waals surface area contributed by atoms with Gasteiger partial charge in [0.05, 0.1) is 0 Å². The predicted molar refractivity (Wildman–Crippen MR) is 44.9 cm³/mol. The second kappa shape index (κ2) is 4.47. The Bertz CT molecular complexity index is 236. The molecule has 0 aromatic carbocycles. The molecular formula is C10H15F2Ir. The maximum atomic E-state index is 2.30. The molecule has 0 unspecified atom stereocenters. The van der Waals surface area contributed by atoms with E-state index in [4.69, 9.17) is 0 Å². The van der Waals surface area contributed by atoms with Crippen LogP contribution in [0.3, 0.4) is 0 Å². The zero-order valence-electron chi connectivity index (χ0n) is 8.59. The van der Waals surface area contributed by atoms with Crippen molar-refractivity contribution in [2.75, 3.05) is 0 Å². The summed E-state index contributed by atoms with van der Waals surface area (Å²) in [5.74, 6) is 0. The van der Waals surface area contributed by atoms with Gasteiger partial charge >= 0.3 is 79.7 Å². The van der Waals surface area contributed by atoms with Crippen molar-refractivity contribution < 1.29 is 28.3 Å². The van der Waals surface area contributed by atoms with Gasteiger partial charge in [-0.15, -0.1) is 0 Å². The number of rotatable bonds is 0. The fourth-order valence-electron chi connectivity index (χ4n) is 1.53. The van der Waals surface area contributed by atoms with Crippen molar-refractivity contribution in [3.05, 3.63) is 20.8 Å². The summed E-state index contributed by atoms with van der Waals surface area (Å²) in [7, 11) is 0. The summed E-state index contributed by atoms with van der Waals surface area (Å²) in [4.78, 5) is 0. The van der Waals surface area contributed by atoms with Gasteiger partial charge in [0.2, 0.25) is 0 Å². The topological polar surface area (TPSA) is 0 Å². The van der Waals surface area contributed by atoms with Gasteiger partial charge in [0.15, 0.2) is 0 Å². The minimum Gasteiger partial charge on any atom is -1.00 e. The first kappa shape index (κ1) is 15.5. The van der Waals surface area contributed by atoms with Gasteiger partial charge < -0.3 is 9.41 Å². The maximum absolute atomic E-state index is 2.30. The van der Waals surface area contributed by atoms with Crippen molar-refractivity contribution >= 4 is 0 Å². The van der Waals surface area contributed by atoms with Crippen molar-refractivity contribution in [3.8, 4) is 0 Å². The van der Waals surface area contributed by atoms with Gasteiger partial charge in [-0.2, -0.15) is 0 Å². The van der Waals surface area contributed by atoms with Gasteiger partial charge in [-0.3, -0.25) is 0 Å². The summed E-state index contributed by atoms with van der Waals surface area (Å²) in [6, 6.07) is 0. The Morgan fingerprint density at radius 1 is 0.923 bits per heavy atom. The van der Waals surface area contributed by atoms with E-state index in [1.54, 1.807) is 0 Å². The zero-order valence-corrected chi connectivity index (χ0v) is 11.0. The van der Waals surface area contributed by atoms with Crippen LogP contribution in [0, 0.1) is 5.41 Å². The van der Waals surface area contributed by atoms with Gasteiger partial charge in [-0.25, -0.2) is 0 Å². The van der Waals surface area contributed by atoms with Crippen LogP contribution in [0.1, 0.15) is 34.6 Å². The Kier molecular flexibility index (Phi) is 5.32. The Hall–Kier alpha value is -0.0106. The van der Waals surface area contributed by atoms with Crippen molar-refractivity contribution in [2.45, 2.75) is 34.6 Å². The first-order chi connectivity index (χ1) is 4.89. The summed E-state index contributed by atoms with van der Waals surface area (Å²) in [6.45, 7) is 11.3. The molecule has 0 radical (unpaired) electrons. The van der Waals surface area contributed by atoms with E-state index in [1.165, 1.54) is 20.8 Å². The Morgan fingerprint density at radius 2 is 1.31 bits per heavy atom. The third kappa shape index (κ3) is 2.08. The number of allylic oxidation sites excluding steroid dienone is 4. The molecule has 0 saturated heterocycles. The van der Waals surface area contributed by atoms with Crippen LogP contribution < -0.4 is 9.41 Å². The Balaban J connectivity index is 0.